The van der Waals surface area contributed by atoms with Gasteiger partial charge in [-0.05, 0) is 42.5 Å². The summed E-state index contributed by atoms with van der Waals surface area (Å²) in [5.74, 6) is -3.91. The molecule has 0 aliphatic rings. The highest BCUT2D eigenvalue weighted by molar-refractivity contribution is 5.96. The molecule has 0 saturated carbocycles. The van der Waals surface area contributed by atoms with Gasteiger partial charge in [-0.15, -0.1) is 0 Å². The summed E-state index contributed by atoms with van der Waals surface area (Å²) in [6.45, 7) is -1.56. The molecule has 0 bridgehead atoms. The molecule has 0 radical (unpaired) electrons. The van der Waals surface area contributed by atoms with E-state index in [2.05, 4.69) is 20.7 Å². The summed E-state index contributed by atoms with van der Waals surface area (Å²) in [5.41, 5.74) is 0.383. The standard InChI is InChI=1S/C19H17F2N3O5/c20-13-4-6-15(7-5-13)24-16(25)9-22-17(26)11-29-18(27)10-23-19(28)12-2-1-3-14(21)8-12/h1-8H,9-11H2,(H,22,26)(H,23,28)(H,24,25). The van der Waals surface area contributed by atoms with Crippen molar-refractivity contribution < 1.29 is 32.7 Å². The molecule has 0 heterocycles. The molecule has 29 heavy (non-hydrogen) atoms. The van der Waals surface area contributed by atoms with Gasteiger partial charge in [-0.2, -0.15) is 0 Å². The molecular weight excluding hydrogens is 388 g/mol. The quantitative estimate of drug-likeness (QED) is 0.567. The van der Waals surface area contributed by atoms with Gasteiger partial charge in [0.2, 0.25) is 5.91 Å². The molecule has 2 rings (SSSR count). The van der Waals surface area contributed by atoms with Crippen LogP contribution in [0, 0.1) is 11.6 Å². The molecule has 2 aromatic rings. The van der Waals surface area contributed by atoms with E-state index < -0.39 is 48.5 Å². The van der Waals surface area contributed by atoms with Crippen molar-refractivity contribution in [2.45, 2.75) is 0 Å². The number of halogens is 2. The summed E-state index contributed by atoms with van der Waals surface area (Å²) >= 11 is 0. The van der Waals surface area contributed by atoms with E-state index in [1.54, 1.807) is 0 Å². The molecule has 3 N–H and O–H groups in total. The van der Waals surface area contributed by atoms with Crippen LogP contribution in [0.3, 0.4) is 0 Å². The second kappa shape index (κ2) is 10.5. The normalized spacial score (nSPS) is 10.0. The first kappa shape index (κ1) is 21.5. The molecule has 2 aromatic carbocycles. The second-order valence-electron chi connectivity index (χ2n) is 5.69. The molecule has 8 nitrogen and oxygen atoms in total. The molecule has 0 aromatic heterocycles. The van der Waals surface area contributed by atoms with Gasteiger partial charge >= 0.3 is 5.97 Å². The van der Waals surface area contributed by atoms with Crippen molar-refractivity contribution in [3.05, 3.63) is 65.7 Å². The summed E-state index contributed by atoms with van der Waals surface area (Å²) in [6, 6.07) is 9.94. The SMILES string of the molecule is O=C(COC(=O)CNC(=O)c1cccc(F)c1)NCC(=O)Nc1ccc(F)cc1. The lowest BCUT2D eigenvalue weighted by molar-refractivity contribution is -0.147. The largest absolute Gasteiger partial charge is 0.454 e. The summed E-state index contributed by atoms with van der Waals surface area (Å²) in [4.78, 5) is 46.6. The zero-order valence-electron chi connectivity index (χ0n) is 15.0. The Morgan fingerprint density at radius 1 is 0.828 bits per heavy atom. The predicted octanol–water partition coefficient (Wildman–Crippen LogP) is 0.993. The summed E-state index contributed by atoms with van der Waals surface area (Å²) < 4.78 is 30.5. The fourth-order valence-electron chi connectivity index (χ4n) is 2.05. The van der Waals surface area contributed by atoms with Gasteiger partial charge in [0.1, 0.15) is 18.2 Å². The van der Waals surface area contributed by atoms with Crippen LogP contribution in [0.15, 0.2) is 48.5 Å². The number of carbonyl (C=O) groups is 4. The third-order valence-corrected chi connectivity index (χ3v) is 3.42. The van der Waals surface area contributed by atoms with Crippen LogP contribution in [0.5, 0.6) is 0 Å². The number of nitrogens with one attached hydrogen (secondary N) is 3. The third kappa shape index (κ3) is 7.75. The first-order valence-corrected chi connectivity index (χ1v) is 8.35. The van der Waals surface area contributed by atoms with Crippen molar-refractivity contribution in [3.8, 4) is 0 Å². The first-order chi connectivity index (χ1) is 13.8. The van der Waals surface area contributed by atoms with Crippen LogP contribution in [0.1, 0.15) is 10.4 Å². The Morgan fingerprint density at radius 3 is 2.24 bits per heavy atom. The Morgan fingerprint density at radius 2 is 1.55 bits per heavy atom. The number of hydrogen-bond acceptors (Lipinski definition) is 5. The van der Waals surface area contributed by atoms with Gasteiger partial charge < -0.3 is 20.7 Å². The van der Waals surface area contributed by atoms with Gasteiger partial charge in [-0.3, -0.25) is 19.2 Å². The van der Waals surface area contributed by atoms with E-state index >= 15 is 0 Å². The molecule has 0 atom stereocenters. The highest BCUT2D eigenvalue weighted by Crippen LogP contribution is 2.07. The van der Waals surface area contributed by atoms with Crippen LogP contribution in [0.4, 0.5) is 14.5 Å². The average molecular weight is 405 g/mol. The molecule has 0 aliphatic heterocycles. The van der Waals surface area contributed by atoms with E-state index in [1.807, 2.05) is 0 Å². The Kier molecular flexibility index (Phi) is 7.78. The topological polar surface area (TPSA) is 114 Å². The highest BCUT2D eigenvalue weighted by Gasteiger charge is 2.12. The van der Waals surface area contributed by atoms with Gasteiger partial charge in [0.15, 0.2) is 6.61 Å². The minimum Gasteiger partial charge on any atom is -0.454 e. The number of esters is 1. The Bertz CT molecular complexity index is 903. The molecule has 0 spiro atoms. The lowest BCUT2D eigenvalue weighted by Crippen LogP contribution is -2.37. The molecule has 10 heteroatoms. The van der Waals surface area contributed by atoms with Crippen LogP contribution in [0.2, 0.25) is 0 Å². The number of hydrogen-bond donors (Lipinski definition) is 3. The van der Waals surface area contributed by atoms with E-state index in [0.717, 1.165) is 6.07 Å². The molecule has 0 aliphatic carbocycles. The maximum atomic E-state index is 13.0. The van der Waals surface area contributed by atoms with Crippen molar-refractivity contribution in [1.82, 2.24) is 10.6 Å². The van der Waals surface area contributed by atoms with E-state index in [0.29, 0.717) is 5.69 Å². The van der Waals surface area contributed by atoms with E-state index in [1.165, 1.54) is 42.5 Å². The van der Waals surface area contributed by atoms with Crippen molar-refractivity contribution >= 4 is 29.4 Å². The van der Waals surface area contributed by atoms with Crippen molar-refractivity contribution in [3.63, 3.8) is 0 Å². The number of ether oxygens (including phenoxy) is 1. The fourth-order valence-corrected chi connectivity index (χ4v) is 2.05. The van der Waals surface area contributed by atoms with Gasteiger partial charge in [0.25, 0.3) is 11.8 Å². The summed E-state index contributed by atoms with van der Waals surface area (Å²) in [6.07, 6.45) is 0. The monoisotopic (exact) mass is 405 g/mol. The fraction of sp³-hybridized carbons (Fsp3) is 0.158. The van der Waals surface area contributed by atoms with Gasteiger partial charge in [-0.25, -0.2) is 8.78 Å². The number of benzene rings is 2. The maximum absolute atomic E-state index is 13.0. The van der Waals surface area contributed by atoms with E-state index in [4.69, 9.17) is 0 Å². The molecule has 3 amide bonds. The molecule has 0 unspecified atom stereocenters. The van der Waals surface area contributed by atoms with Crippen LogP contribution < -0.4 is 16.0 Å². The Hall–Kier alpha value is -3.82. The minimum absolute atomic E-state index is 0.0303. The predicted molar refractivity (Wildman–Crippen MR) is 97.7 cm³/mol. The zero-order valence-corrected chi connectivity index (χ0v) is 15.0. The number of amides is 3. The van der Waals surface area contributed by atoms with Gasteiger partial charge in [-0.1, -0.05) is 6.07 Å². The Labute approximate surface area is 164 Å². The number of carbonyl (C=O) groups excluding carboxylic acids is 4. The zero-order chi connectivity index (χ0) is 21.2. The van der Waals surface area contributed by atoms with Crippen LogP contribution >= 0.6 is 0 Å². The Balaban J connectivity index is 1.64. The highest BCUT2D eigenvalue weighted by atomic mass is 19.1. The lowest BCUT2D eigenvalue weighted by Gasteiger charge is -2.08. The van der Waals surface area contributed by atoms with Crippen molar-refractivity contribution in [2.24, 2.45) is 0 Å². The van der Waals surface area contributed by atoms with E-state index in [-0.39, 0.29) is 12.1 Å². The number of anilines is 1. The first-order valence-electron chi connectivity index (χ1n) is 8.35. The van der Waals surface area contributed by atoms with Crippen molar-refractivity contribution in [1.29, 1.82) is 0 Å². The van der Waals surface area contributed by atoms with Gasteiger partial charge in [0.05, 0.1) is 6.54 Å². The molecule has 0 saturated heterocycles. The van der Waals surface area contributed by atoms with Crippen LogP contribution in [0.25, 0.3) is 0 Å². The van der Waals surface area contributed by atoms with E-state index in [9.17, 15) is 28.0 Å². The molecule has 0 fully saturated rings. The number of rotatable bonds is 8. The maximum Gasteiger partial charge on any atom is 0.325 e. The minimum atomic E-state index is -0.888. The van der Waals surface area contributed by atoms with Crippen molar-refractivity contribution in [2.75, 3.05) is 25.0 Å². The lowest BCUT2D eigenvalue weighted by atomic mass is 10.2. The second-order valence-corrected chi connectivity index (χ2v) is 5.69. The summed E-state index contributed by atoms with van der Waals surface area (Å²) in [7, 11) is 0. The smallest absolute Gasteiger partial charge is 0.325 e. The van der Waals surface area contributed by atoms with Gasteiger partial charge in [0, 0.05) is 11.3 Å². The molecular formula is C19H17F2N3O5. The third-order valence-electron chi connectivity index (χ3n) is 3.42. The van der Waals surface area contributed by atoms with Crippen LogP contribution in [-0.2, 0) is 19.1 Å². The molecule has 152 valence electrons. The van der Waals surface area contributed by atoms with Crippen LogP contribution in [-0.4, -0.2) is 43.4 Å². The average Bonchev–Trinajstić information content (AvgIpc) is 2.70. The summed E-state index contributed by atoms with van der Waals surface area (Å²) in [5, 5.41) is 6.90.